The number of aromatic nitrogens is 2. The molecule has 0 unspecified atom stereocenters. The number of rotatable bonds is 12. The van der Waals surface area contributed by atoms with Gasteiger partial charge in [-0.15, -0.1) is 0 Å². The van der Waals surface area contributed by atoms with Crippen LogP contribution in [0.4, 0.5) is 68.2 Å². The van der Waals surface area contributed by atoms with Gasteiger partial charge >= 0.3 is 0 Å². The molecule has 0 N–H and O–H groups in total. The Kier molecular flexibility index (Phi) is 14.3. The molecule has 0 aliphatic carbocycles. The van der Waals surface area contributed by atoms with Crippen molar-refractivity contribution in [1.29, 1.82) is 0 Å². The molecular weight excluding hydrogens is 1410 g/mol. The van der Waals surface area contributed by atoms with Gasteiger partial charge in [-0.2, -0.15) is 0 Å². The first-order chi connectivity index (χ1) is 55.0. The van der Waals surface area contributed by atoms with Gasteiger partial charge in [0.2, 0.25) is 0 Å². The lowest BCUT2D eigenvalue weighted by molar-refractivity contribution is 1.17. The zero-order valence-corrected chi connectivity index (χ0v) is 61.8. The highest BCUT2D eigenvalue weighted by Gasteiger charge is 2.46. The number of anilines is 12. The quantitative estimate of drug-likeness (QED) is 0.114. The molecule has 23 rings (SSSR count). The predicted molar refractivity (Wildman–Crippen MR) is 473 cm³/mol. The van der Waals surface area contributed by atoms with Crippen LogP contribution in [0.2, 0.25) is 0 Å². The van der Waals surface area contributed by atoms with Crippen molar-refractivity contribution in [3.05, 3.63) is 399 Å². The van der Waals surface area contributed by atoms with Gasteiger partial charge in [0.15, 0.2) is 0 Å². The number of nitrogens with zero attached hydrogens (tertiary/aromatic N) is 6. The van der Waals surface area contributed by atoms with Gasteiger partial charge in [0.25, 0.3) is 13.4 Å². The maximum absolute atomic E-state index is 4.69. The maximum Gasteiger partial charge on any atom is 0.252 e. The third-order valence-electron chi connectivity index (χ3n) is 23.6. The van der Waals surface area contributed by atoms with Gasteiger partial charge < -0.3 is 28.7 Å². The lowest BCUT2D eigenvalue weighted by atomic mass is 9.33. The lowest BCUT2D eigenvalue weighted by Gasteiger charge is -2.43. The summed E-state index contributed by atoms with van der Waals surface area (Å²) in [6.45, 7) is -0.332. The maximum atomic E-state index is 4.69. The van der Waals surface area contributed by atoms with E-state index in [1.165, 1.54) is 132 Å². The molecule has 6 nitrogen and oxygen atoms in total. The first-order valence-corrected chi connectivity index (χ1v) is 39.0. The van der Waals surface area contributed by atoms with Crippen LogP contribution in [0.5, 0.6) is 0 Å². The van der Waals surface area contributed by atoms with Crippen LogP contribution in [0.15, 0.2) is 399 Å². The van der Waals surface area contributed by atoms with Gasteiger partial charge in [0.05, 0.1) is 26.9 Å². The molecule has 0 saturated carbocycles. The number of fused-ring (bicyclic) bond motifs is 14. The van der Waals surface area contributed by atoms with Crippen molar-refractivity contribution in [2.75, 3.05) is 19.6 Å². The fraction of sp³-hybridized carbons (Fsp3) is 0. The molecule has 19 aromatic rings. The summed E-state index contributed by atoms with van der Waals surface area (Å²) in [5.41, 5.74) is 37.0. The highest BCUT2D eigenvalue weighted by Crippen LogP contribution is 2.53. The second-order valence-electron chi connectivity index (χ2n) is 29.6. The summed E-state index contributed by atoms with van der Waals surface area (Å²) in [7, 11) is 0. The average Bonchev–Trinajstić information content (AvgIpc) is 1.70. The number of hydrogen-bond acceptors (Lipinski definition) is 4. The minimum atomic E-state index is -0.166. The topological polar surface area (TPSA) is 22.8 Å². The molecule has 0 atom stereocenters. The van der Waals surface area contributed by atoms with Gasteiger partial charge in [0, 0.05) is 101 Å². The zero-order chi connectivity index (χ0) is 72.9. The Bertz CT molecular complexity index is 6480. The van der Waals surface area contributed by atoms with Crippen molar-refractivity contribution in [2.45, 2.75) is 0 Å². The molecule has 0 bridgehead atoms. The molecular formula is C102H65B2BrN6. The Morgan fingerprint density at radius 2 is 0.514 bits per heavy atom. The first-order valence-electron chi connectivity index (χ1n) is 38.2. The Balaban J connectivity index is 0.792. The predicted octanol–water partition coefficient (Wildman–Crippen LogP) is 23.5. The average molecular weight is 1480 g/mol. The molecule has 0 saturated heterocycles. The second-order valence-corrected chi connectivity index (χ2v) is 30.4. The van der Waals surface area contributed by atoms with E-state index in [-0.39, 0.29) is 13.4 Å². The highest BCUT2D eigenvalue weighted by atomic mass is 79.9. The van der Waals surface area contributed by atoms with Crippen LogP contribution in [0.3, 0.4) is 0 Å². The first kappa shape index (κ1) is 63.3. The van der Waals surface area contributed by atoms with E-state index in [2.05, 4.69) is 423 Å². The van der Waals surface area contributed by atoms with Crippen molar-refractivity contribution in [2.24, 2.45) is 0 Å². The van der Waals surface area contributed by atoms with Crippen molar-refractivity contribution in [1.82, 2.24) is 9.13 Å². The van der Waals surface area contributed by atoms with E-state index in [0.717, 1.165) is 72.7 Å². The van der Waals surface area contributed by atoms with Crippen LogP contribution in [-0.2, 0) is 0 Å². The Morgan fingerprint density at radius 1 is 0.207 bits per heavy atom. The van der Waals surface area contributed by atoms with Crippen molar-refractivity contribution in [3.63, 3.8) is 0 Å². The SMILES string of the molecule is Brc1c(N2c3cc(N(c4ccccc4)c4ccccc4)ccc3B3c4c2cccc4-n2c4ccc(-c5ccccc5)cc4c4cc(-c5ccccc5)cc3c42)cccc1N1c2cc(N(c3ccccc3)c3ccccc3)ccc2B2c3c1cccc3-n1c3ccc(-c4ccccc4)cc3c3cc(-c4ccccc4)cc2c31. The Labute approximate surface area is 652 Å². The Morgan fingerprint density at radius 3 is 0.865 bits per heavy atom. The monoisotopic (exact) mass is 1470 g/mol. The van der Waals surface area contributed by atoms with Crippen LogP contribution in [0.1, 0.15) is 0 Å². The number of hydrogen-bond donors (Lipinski definition) is 0. The van der Waals surface area contributed by atoms with E-state index in [1.54, 1.807) is 0 Å². The van der Waals surface area contributed by atoms with Crippen LogP contribution in [-0.4, -0.2) is 22.6 Å². The largest absolute Gasteiger partial charge is 0.310 e. The summed E-state index contributed by atoms with van der Waals surface area (Å²) in [5.74, 6) is 0. The van der Waals surface area contributed by atoms with Gasteiger partial charge in [0.1, 0.15) is 0 Å². The molecule has 0 fully saturated rings. The van der Waals surface area contributed by atoms with Crippen LogP contribution in [0.25, 0.3) is 99.5 Å². The van der Waals surface area contributed by atoms with E-state index in [9.17, 15) is 0 Å². The second kappa shape index (κ2) is 25.1. The van der Waals surface area contributed by atoms with Crippen LogP contribution in [0, 0.1) is 0 Å². The molecule has 9 heteroatoms. The number of halogens is 1. The molecule has 111 heavy (non-hydrogen) atoms. The van der Waals surface area contributed by atoms with Gasteiger partial charge in [-0.05, 0) is 239 Å². The van der Waals surface area contributed by atoms with E-state index in [0.29, 0.717) is 0 Å². The van der Waals surface area contributed by atoms with Gasteiger partial charge in [-0.3, -0.25) is 0 Å². The molecule has 2 aromatic heterocycles. The minimum Gasteiger partial charge on any atom is -0.310 e. The summed E-state index contributed by atoms with van der Waals surface area (Å²) >= 11 is 4.69. The standard InChI is InChI=1S/C102H65B2BrN6/c105-100-94(108-90-44-25-46-92-98(90)103(84-54-52-78(64-96(84)108)106(74-36-17-5-18-37-74)75-38-19-6-20-39-75)86-62-72(68-32-13-3-14-33-68)60-82-80-58-70(66-28-9-1-10-29-66)50-56-88(80)110(92)101(82)86)48-27-49-95(100)109-91-45-26-47-93-99(91)104(85-55-53-79(65-97(85)109)107(76-40-21-7-22-41-76)77-42-23-8-24-43-77)87-63-73(69-34-15-4-16-35-69)61-83-81-59-71(67-30-11-2-12-31-67)51-57-89(81)111(93)102(83)87/h1-65H. The molecule has 0 spiro atoms. The molecule has 17 aromatic carbocycles. The van der Waals surface area contributed by atoms with Crippen molar-refractivity contribution in [3.8, 4) is 55.9 Å². The minimum absolute atomic E-state index is 0.166. The van der Waals surface area contributed by atoms with E-state index in [1.807, 2.05) is 0 Å². The van der Waals surface area contributed by atoms with Crippen molar-refractivity contribution >= 4 is 174 Å². The number of para-hydroxylation sites is 4. The zero-order valence-electron chi connectivity index (χ0n) is 60.2. The Hall–Kier alpha value is -13.9. The fourth-order valence-corrected chi connectivity index (χ4v) is 19.6. The summed E-state index contributed by atoms with van der Waals surface area (Å²) in [4.78, 5) is 9.99. The molecule has 4 aliphatic rings. The summed E-state index contributed by atoms with van der Waals surface area (Å²) < 4.78 is 6.13. The smallest absolute Gasteiger partial charge is 0.252 e. The van der Waals surface area contributed by atoms with E-state index in [4.69, 9.17) is 15.9 Å². The third kappa shape index (κ3) is 9.72. The lowest BCUT2D eigenvalue weighted by Crippen LogP contribution is -2.60. The number of benzene rings is 17. The fourth-order valence-electron chi connectivity index (χ4n) is 19.0. The summed E-state index contributed by atoms with van der Waals surface area (Å²) in [6.07, 6.45) is 0. The van der Waals surface area contributed by atoms with E-state index < -0.39 is 0 Å². The van der Waals surface area contributed by atoms with Crippen LogP contribution >= 0.6 is 15.9 Å². The van der Waals surface area contributed by atoms with E-state index >= 15 is 0 Å². The van der Waals surface area contributed by atoms with Gasteiger partial charge in [-0.25, -0.2) is 0 Å². The molecule has 516 valence electrons. The summed E-state index contributed by atoms with van der Waals surface area (Å²) in [6, 6.07) is 147. The van der Waals surface area contributed by atoms with Crippen molar-refractivity contribution < 1.29 is 0 Å². The van der Waals surface area contributed by atoms with Gasteiger partial charge in [-0.1, -0.05) is 249 Å². The normalized spacial score (nSPS) is 12.7. The molecule has 0 radical (unpaired) electrons. The van der Waals surface area contributed by atoms with Crippen LogP contribution < -0.4 is 52.4 Å². The molecule has 0 amide bonds. The molecule has 6 heterocycles. The highest BCUT2D eigenvalue weighted by molar-refractivity contribution is 9.10. The summed E-state index contributed by atoms with van der Waals surface area (Å²) in [5, 5.41) is 4.93. The molecule has 4 aliphatic heterocycles. The third-order valence-corrected chi connectivity index (χ3v) is 24.5.